The first-order valence-electron chi connectivity index (χ1n) is 10.5. The van der Waals surface area contributed by atoms with Crippen LogP contribution in [0.1, 0.15) is 30.9 Å². The van der Waals surface area contributed by atoms with Gasteiger partial charge in [0.15, 0.2) is 0 Å². The van der Waals surface area contributed by atoms with Crippen molar-refractivity contribution in [3.63, 3.8) is 0 Å². The molecule has 0 radical (unpaired) electrons. The van der Waals surface area contributed by atoms with E-state index in [9.17, 15) is 0 Å². The molecule has 3 heteroatoms. The van der Waals surface area contributed by atoms with Crippen molar-refractivity contribution in [2.75, 3.05) is 20.6 Å². The summed E-state index contributed by atoms with van der Waals surface area (Å²) in [5.74, 6) is 0.936. The van der Waals surface area contributed by atoms with Gasteiger partial charge in [-0.1, -0.05) is 42.5 Å². The Balaban J connectivity index is 1.51. The van der Waals surface area contributed by atoms with Crippen molar-refractivity contribution < 1.29 is 4.74 Å². The fourth-order valence-electron chi connectivity index (χ4n) is 3.42. The molecular weight excluding hydrogens is 356 g/mol. The van der Waals surface area contributed by atoms with E-state index in [1.807, 2.05) is 18.5 Å². The second-order valence-electron chi connectivity index (χ2n) is 7.96. The number of rotatable bonds is 10. The highest BCUT2D eigenvalue weighted by Crippen LogP contribution is 2.24. The highest BCUT2D eigenvalue weighted by Gasteiger charge is 2.06. The molecule has 3 rings (SSSR count). The monoisotopic (exact) mass is 388 g/mol. The molecule has 3 nitrogen and oxygen atoms in total. The van der Waals surface area contributed by atoms with E-state index < -0.39 is 0 Å². The first kappa shape index (κ1) is 21.1. The Morgan fingerprint density at radius 1 is 0.897 bits per heavy atom. The normalized spacial score (nSPS) is 12.1. The standard InChI is InChI=1S/C26H32N2O/c1-21(7-4-9-23-10-6-17-27-20-23)29-26-14-12-24(13-15-26)25-11-5-8-22(19-25)16-18-28(2)3/h5-6,8,10-15,17,19-21H,4,7,9,16,18H2,1-3H3/t21-/m0/s1. The topological polar surface area (TPSA) is 25.4 Å². The van der Waals surface area contributed by atoms with Crippen LogP contribution in [0.4, 0.5) is 0 Å². The Kier molecular flexibility index (Phi) is 7.83. The molecule has 0 amide bonds. The predicted molar refractivity (Wildman–Crippen MR) is 121 cm³/mol. The van der Waals surface area contributed by atoms with Crippen LogP contribution in [0.3, 0.4) is 0 Å². The quantitative estimate of drug-likeness (QED) is 0.449. The SMILES string of the molecule is C[C@@H](CCCc1cccnc1)Oc1ccc(-c2cccc(CCN(C)C)c2)cc1. The van der Waals surface area contributed by atoms with Crippen molar-refractivity contribution in [3.05, 3.63) is 84.2 Å². The molecule has 0 saturated heterocycles. The van der Waals surface area contributed by atoms with Crippen molar-refractivity contribution in [2.45, 2.75) is 38.7 Å². The number of hydrogen-bond acceptors (Lipinski definition) is 3. The molecule has 1 atom stereocenters. The van der Waals surface area contributed by atoms with Crippen molar-refractivity contribution in [3.8, 4) is 16.9 Å². The number of aryl methyl sites for hydroxylation is 1. The van der Waals surface area contributed by atoms with Gasteiger partial charge in [-0.3, -0.25) is 4.98 Å². The molecule has 0 bridgehead atoms. The third-order valence-corrected chi connectivity index (χ3v) is 5.10. The molecule has 1 heterocycles. The van der Waals surface area contributed by atoms with Crippen molar-refractivity contribution in [1.29, 1.82) is 0 Å². The first-order chi connectivity index (χ1) is 14.1. The summed E-state index contributed by atoms with van der Waals surface area (Å²) >= 11 is 0. The number of ether oxygens (including phenoxy) is 1. The van der Waals surface area contributed by atoms with Crippen LogP contribution in [0, 0.1) is 0 Å². The van der Waals surface area contributed by atoms with Crippen LogP contribution in [-0.4, -0.2) is 36.6 Å². The summed E-state index contributed by atoms with van der Waals surface area (Å²) < 4.78 is 6.11. The van der Waals surface area contributed by atoms with Crippen molar-refractivity contribution >= 4 is 0 Å². The Labute approximate surface area is 175 Å². The van der Waals surface area contributed by atoms with Gasteiger partial charge in [-0.2, -0.15) is 0 Å². The van der Waals surface area contributed by atoms with Crippen LogP contribution in [-0.2, 0) is 12.8 Å². The number of nitrogens with zero attached hydrogens (tertiary/aromatic N) is 2. The zero-order valence-electron chi connectivity index (χ0n) is 17.8. The number of aromatic nitrogens is 1. The molecule has 152 valence electrons. The Bertz CT molecular complexity index is 859. The number of pyridine rings is 1. The average molecular weight is 389 g/mol. The van der Waals surface area contributed by atoms with Gasteiger partial charge in [0, 0.05) is 18.9 Å². The van der Waals surface area contributed by atoms with Gasteiger partial charge in [0.1, 0.15) is 5.75 Å². The Morgan fingerprint density at radius 2 is 1.69 bits per heavy atom. The van der Waals surface area contributed by atoms with E-state index in [1.54, 1.807) is 0 Å². The van der Waals surface area contributed by atoms with Gasteiger partial charge < -0.3 is 9.64 Å². The first-order valence-corrected chi connectivity index (χ1v) is 10.5. The summed E-state index contributed by atoms with van der Waals surface area (Å²) in [5.41, 5.74) is 5.15. The van der Waals surface area contributed by atoms with E-state index in [0.29, 0.717) is 0 Å². The van der Waals surface area contributed by atoms with E-state index in [0.717, 1.165) is 38.0 Å². The Morgan fingerprint density at radius 3 is 2.41 bits per heavy atom. The summed E-state index contributed by atoms with van der Waals surface area (Å²) in [7, 11) is 4.23. The van der Waals surface area contributed by atoms with E-state index in [4.69, 9.17) is 4.74 Å². The molecule has 0 unspecified atom stereocenters. The summed E-state index contributed by atoms with van der Waals surface area (Å²) in [6.45, 7) is 3.21. The second kappa shape index (κ2) is 10.8. The number of benzene rings is 2. The van der Waals surface area contributed by atoms with Gasteiger partial charge in [0.05, 0.1) is 6.10 Å². The largest absolute Gasteiger partial charge is 0.491 e. The minimum Gasteiger partial charge on any atom is -0.491 e. The molecule has 0 spiro atoms. The predicted octanol–water partition coefficient (Wildman–Crippen LogP) is 5.64. The highest BCUT2D eigenvalue weighted by molar-refractivity contribution is 5.64. The van der Waals surface area contributed by atoms with Crippen LogP contribution in [0.25, 0.3) is 11.1 Å². The lowest BCUT2D eigenvalue weighted by Crippen LogP contribution is -2.14. The van der Waals surface area contributed by atoms with Gasteiger partial charge in [-0.05, 0) is 87.2 Å². The van der Waals surface area contributed by atoms with Crippen LogP contribution < -0.4 is 4.74 Å². The van der Waals surface area contributed by atoms with Gasteiger partial charge >= 0.3 is 0 Å². The average Bonchev–Trinajstić information content (AvgIpc) is 2.74. The zero-order valence-corrected chi connectivity index (χ0v) is 17.8. The summed E-state index contributed by atoms with van der Waals surface area (Å²) in [6.07, 6.45) is 8.21. The smallest absolute Gasteiger partial charge is 0.119 e. The van der Waals surface area contributed by atoms with Gasteiger partial charge in [0.2, 0.25) is 0 Å². The lowest BCUT2D eigenvalue weighted by Gasteiger charge is -2.15. The van der Waals surface area contributed by atoms with Gasteiger partial charge in [-0.25, -0.2) is 0 Å². The van der Waals surface area contributed by atoms with E-state index in [-0.39, 0.29) is 6.10 Å². The molecule has 0 aliphatic rings. The van der Waals surface area contributed by atoms with Crippen LogP contribution in [0.2, 0.25) is 0 Å². The maximum absolute atomic E-state index is 6.11. The maximum atomic E-state index is 6.11. The maximum Gasteiger partial charge on any atom is 0.119 e. The number of hydrogen-bond donors (Lipinski definition) is 0. The summed E-state index contributed by atoms with van der Waals surface area (Å²) in [5, 5.41) is 0. The van der Waals surface area contributed by atoms with Crippen LogP contribution in [0.5, 0.6) is 5.75 Å². The van der Waals surface area contributed by atoms with Crippen LogP contribution >= 0.6 is 0 Å². The van der Waals surface area contributed by atoms with Gasteiger partial charge in [-0.15, -0.1) is 0 Å². The van der Waals surface area contributed by atoms with Crippen molar-refractivity contribution in [1.82, 2.24) is 9.88 Å². The van der Waals surface area contributed by atoms with Gasteiger partial charge in [0.25, 0.3) is 0 Å². The lowest BCUT2D eigenvalue weighted by molar-refractivity contribution is 0.208. The molecule has 0 aliphatic heterocycles. The minimum atomic E-state index is 0.201. The van der Waals surface area contributed by atoms with Crippen molar-refractivity contribution in [2.24, 2.45) is 0 Å². The molecular formula is C26H32N2O. The fraction of sp³-hybridized carbons (Fsp3) is 0.346. The molecule has 0 saturated carbocycles. The molecule has 3 aromatic rings. The zero-order chi connectivity index (χ0) is 20.5. The molecule has 0 N–H and O–H groups in total. The fourth-order valence-corrected chi connectivity index (χ4v) is 3.42. The number of likely N-dealkylation sites (N-methyl/N-ethyl adjacent to an activating group) is 1. The summed E-state index contributed by atoms with van der Waals surface area (Å²) in [4.78, 5) is 6.39. The lowest BCUT2D eigenvalue weighted by atomic mass is 10.0. The third-order valence-electron chi connectivity index (χ3n) is 5.10. The van der Waals surface area contributed by atoms with E-state index >= 15 is 0 Å². The molecule has 0 fully saturated rings. The molecule has 29 heavy (non-hydrogen) atoms. The minimum absolute atomic E-state index is 0.201. The summed E-state index contributed by atoms with van der Waals surface area (Å²) in [6, 6.07) is 21.4. The third kappa shape index (κ3) is 7.03. The molecule has 1 aromatic heterocycles. The highest BCUT2D eigenvalue weighted by atomic mass is 16.5. The Hall–Kier alpha value is -2.65. The second-order valence-corrected chi connectivity index (χ2v) is 7.96. The molecule has 2 aromatic carbocycles. The van der Waals surface area contributed by atoms with E-state index in [1.165, 1.54) is 22.3 Å². The molecule has 0 aliphatic carbocycles. The van der Waals surface area contributed by atoms with Crippen LogP contribution in [0.15, 0.2) is 73.1 Å². The van der Waals surface area contributed by atoms with E-state index in [2.05, 4.69) is 85.5 Å².